The summed E-state index contributed by atoms with van der Waals surface area (Å²) in [6.45, 7) is 0. The van der Waals surface area contributed by atoms with Gasteiger partial charge in [0.05, 0.1) is 23.3 Å². The van der Waals surface area contributed by atoms with Crippen molar-refractivity contribution < 1.29 is 4.79 Å². The first-order valence-corrected chi connectivity index (χ1v) is 5.04. The van der Waals surface area contributed by atoms with Crippen molar-refractivity contribution in [2.75, 3.05) is 5.88 Å². The van der Waals surface area contributed by atoms with E-state index in [9.17, 15) is 4.79 Å². The Balaban J connectivity index is 2.32. The fraction of sp³-hybridized carbons (Fsp3) is 0.0909. The molecule has 0 bridgehead atoms. The largest absolute Gasteiger partial charge is 0.293 e. The fourth-order valence-electron chi connectivity index (χ4n) is 1.27. The van der Waals surface area contributed by atoms with Crippen molar-refractivity contribution >= 4 is 17.4 Å². The molecule has 3 nitrogen and oxygen atoms in total. The molecule has 0 aliphatic rings. The van der Waals surface area contributed by atoms with Gasteiger partial charge in [-0.1, -0.05) is 18.2 Å². The van der Waals surface area contributed by atoms with Crippen LogP contribution in [0, 0.1) is 0 Å². The van der Waals surface area contributed by atoms with E-state index in [-0.39, 0.29) is 11.7 Å². The lowest BCUT2D eigenvalue weighted by molar-refractivity contribution is 0.102. The molecule has 0 aliphatic heterocycles. The molecule has 0 aliphatic carbocycles. The van der Waals surface area contributed by atoms with E-state index in [0.29, 0.717) is 5.56 Å². The minimum atomic E-state index is -0.112. The molecule has 2 aromatic rings. The van der Waals surface area contributed by atoms with Gasteiger partial charge in [-0.3, -0.25) is 4.79 Å². The van der Waals surface area contributed by atoms with E-state index in [2.05, 4.69) is 5.10 Å². The molecule has 1 aromatic heterocycles. The van der Waals surface area contributed by atoms with Gasteiger partial charge in [-0.15, -0.1) is 11.6 Å². The number of halogens is 1. The van der Waals surface area contributed by atoms with E-state index in [1.54, 1.807) is 10.9 Å². The Morgan fingerprint density at radius 3 is 2.73 bits per heavy atom. The van der Waals surface area contributed by atoms with Crippen LogP contribution in [0.15, 0.2) is 42.7 Å². The number of hydrogen-bond acceptors (Lipinski definition) is 2. The summed E-state index contributed by atoms with van der Waals surface area (Å²) in [4.78, 5) is 11.3. The van der Waals surface area contributed by atoms with E-state index < -0.39 is 0 Å². The van der Waals surface area contributed by atoms with Gasteiger partial charge < -0.3 is 0 Å². The number of carbonyl (C=O) groups excluding carboxylic acids is 1. The standard InChI is InChI=1S/C11H9ClN2O/c12-6-11(15)9-7-13-14(8-9)10-4-2-1-3-5-10/h1-5,7-8H,6H2. The van der Waals surface area contributed by atoms with Crippen molar-refractivity contribution in [3.63, 3.8) is 0 Å². The molecule has 2 rings (SSSR count). The van der Waals surface area contributed by atoms with Crippen molar-refractivity contribution in [3.05, 3.63) is 48.3 Å². The molecule has 0 N–H and O–H groups in total. The van der Waals surface area contributed by atoms with Gasteiger partial charge in [-0.25, -0.2) is 4.68 Å². The molecule has 0 atom stereocenters. The molecule has 0 saturated carbocycles. The van der Waals surface area contributed by atoms with Crippen molar-refractivity contribution in [1.82, 2.24) is 9.78 Å². The second-order valence-electron chi connectivity index (χ2n) is 3.07. The van der Waals surface area contributed by atoms with Crippen molar-refractivity contribution in [2.45, 2.75) is 0 Å². The predicted molar refractivity (Wildman–Crippen MR) is 58.6 cm³/mol. The monoisotopic (exact) mass is 220 g/mol. The van der Waals surface area contributed by atoms with Gasteiger partial charge in [0, 0.05) is 6.20 Å². The first kappa shape index (κ1) is 9.93. The van der Waals surface area contributed by atoms with Crippen LogP contribution in [0.25, 0.3) is 5.69 Å². The lowest BCUT2D eigenvalue weighted by Gasteiger charge is -1.98. The average molecular weight is 221 g/mol. The summed E-state index contributed by atoms with van der Waals surface area (Å²) in [6.07, 6.45) is 3.21. The van der Waals surface area contributed by atoms with E-state index in [4.69, 9.17) is 11.6 Å². The lowest BCUT2D eigenvalue weighted by Crippen LogP contribution is -1.98. The number of benzene rings is 1. The topological polar surface area (TPSA) is 34.9 Å². The maximum atomic E-state index is 11.3. The Morgan fingerprint density at radius 2 is 2.07 bits per heavy atom. The molecule has 0 spiro atoms. The van der Waals surface area contributed by atoms with Crippen LogP contribution in [0.1, 0.15) is 10.4 Å². The number of aromatic nitrogens is 2. The average Bonchev–Trinajstić information content (AvgIpc) is 2.78. The Kier molecular flexibility index (Phi) is 2.83. The number of hydrogen-bond donors (Lipinski definition) is 0. The van der Waals surface area contributed by atoms with Crippen LogP contribution in [-0.2, 0) is 0 Å². The Labute approximate surface area is 92.3 Å². The number of para-hydroxylation sites is 1. The number of nitrogens with zero attached hydrogens (tertiary/aromatic N) is 2. The second-order valence-corrected chi connectivity index (χ2v) is 3.33. The second kappa shape index (κ2) is 4.28. The molecule has 76 valence electrons. The highest BCUT2D eigenvalue weighted by molar-refractivity contribution is 6.30. The molecule has 0 amide bonds. The lowest BCUT2D eigenvalue weighted by atomic mass is 10.2. The summed E-state index contributed by atoms with van der Waals surface area (Å²) in [5, 5.41) is 4.09. The minimum Gasteiger partial charge on any atom is -0.293 e. The Hall–Kier alpha value is -1.61. The van der Waals surface area contributed by atoms with Gasteiger partial charge in [0.2, 0.25) is 0 Å². The fourth-order valence-corrected chi connectivity index (χ4v) is 1.42. The molecule has 4 heteroatoms. The van der Waals surface area contributed by atoms with Crippen LogP contribution >= 0.6 is 11.6 Å². The van der Waals surface area contributed by atoms with Crippen LogP contribution in [0.2, 0.25) is 0 Å². The smallest absolute Gasteiger partial charge is 0.180 e. The first-order chi connectivity index (χ1) is 7.31. The normalized spacial score (nSPS) is 10.2. The zero-order valence-corrected chi connectivity index (χ0v) is 8.69. The van der Waals surface area contributed by atoms with Crippen LogP contribution in [0.4, 0.5) is 0 Å². The minimum absolute atomic E-state index is 0.0134. The summed E-state index contributed by atoms with van der Waals surface area (Å²) in [6, 6.07) is 9.60. The van der Waals surface area contributed by atoms with Crippen LogP contribution in [0.5, 0.6) is 0 Å². The molecule has 0 unspecified atom stereocenters. The number of Topliss-reactive ketones (excluding diaryl/α,β-unsaturated/α-hetero) is 1. The van der Waals surface area contributed by atoms with E-state index >= 15 is 0 Å². The molecule has 1 heterocycles. The number of carbonyl (C=O) groups is 1. The third-order valence-corrected chi connectivity index (χ3v) is 2.29. The van der Waals surface area contributed by atoms with Crippen molar-refractivity contribution in [3.8, 4) is 5.69 Å². The van der Waals surface area contributed by atoms with Gasteiger partial charge in [-0.2, -0.15) is 5.10 Å². The molecule has 1 aromatic carbocycles. The van der Waals surface area contributed by atoms with E-state index in [1.165, 1.54) is 6.20 Å². The molecular formula is C11H9ClN2O. The third-order valence-electron chi connectivity index (χ3n) is 2.05. The van der Waals surface area contributed by atoms with E-state index in [1.807, 2.05) is 30.3 Å². The molecular weight excluding hydrogens is 212 g/mol. The van der Waals surface area contributed by atoms with Gasteiger partial charge in [0.25, 0.3) is 0 Å². The molecule has 0 fully saturated rings. The summed E-state index contributed by atoms with van der Waals surface area (Å²) in [5.41, 5.74) is 1.46. The maximum Gasteiger partial charge on any atom is 0.180 e. The first-order valence-electron chi connectivity index (χ1n) is 4.50. The highest BCUT2D eigenvalue weighted by Crippen LogP contribution is 2.08. The third kappa shape index (κ3) is 2.07. The number of ketones is 1. The summed E-state index contributed by atoms with van der Waals surface area (Å²) in [7, 11) is 0. The van der Waals surface area contributed by atoms with Crippen LogP contribution < -0.4 is 0 Å². The van der Waals surface area contributed by atoms with Gasteiger partial charge in [0.15, 0.2) is 5.78 Å². The SMILES string of the molecule is O=C(CCl)c1cnn(-c2ccccc2)c1. The molecule has 0 radical (unpaired) electrons. The van der Waals surface area contributed by atoms with Gasteiger partial charge in [0.1, 0.15) is 0 Å². The van der Waals surface area contributed by atoms with Gasteiger partial charge >= 0.3 is 0 Å². The predicted octanol–water partition coefficient (Wildman–Crippen LogP) is 2.29. The highest BCUT2D eigenvalue weighted by atomic mass is 35.5. The van der Waals surface area contributed by atoms with Crippen molar-refractivity contribution in [2.24, 2.45) is 0 Å². The van der Waals surface area contributed by atoms with Crippen LogP contribution in [-0.4, -0.2) is 21.4 Å². The van der Waals surface area contributed by atoms with E-state index in [0.717, 1.165) is 5.69 Å². The van der Waals surface area contributed by atoms with Crippen LogP contribution in [0.3, 0.4) is 0 Å². The summed E-state index contributed by atoms with van der Waals surface area (Å²) < 4.78 is 1.65. The zero-order chi connectivity index (χ0) is 10.7. The van der Waals surface area contributed by atoms with Crippen molar-refractivity contribution in [1.29, 1.82) is 0 Å². The summed E-state index contributed by atoms with van der Waals surface area (Å²) >= 11 is 5.46. The zero-order valence-electron chi connectivity index (χ0n) is 7.93. The Bertz CT molecular complexity index is 464. The quantitative estimate of drug-likeness (QED) is 0.588. The highest BCUT2D eigenvalue weighted by Gasteiger charge is 2.07. The molecule has 0 saturated heterocycles. The van der Waals surface area contributed by atoms with Gasteiger partial charge in [-0.05, 0) is 12.1 Å². The number of alkyl halides is 1. The molecule has 15 heavy (non-hydrogen) atoms. The Morgan fingerprint density at radius 1 is 1.33 bits per heavy atom. The summed E-state index contributed by atoms with van der Waals surface area (Å²) in [5.74, 6) is -0.126. The number of rotatable bonds is 3. The maximum absolute atomic E-state index is 11.3.